The zero-order valence-electron chi connectivity index (χ0n) is 4.41. The summed E-state index contributed by atoms with van der Waals surface area (Å²) in [6.07, 6.45) is 5.08. The Labute approximate surface area is 47.8 Å². The van der Waals surface area contributed by atoms with Gasteiger partial charge in [-0.05, 0) is 6.08 Å². The molecule has 0 atom stereocenters. The van der Waals surface area contributed by atoms with Gasteiger partial charge < -0.3 is 0 Å². The third-order valence-electron chi connectivity index (χ3n) is 0.854. The Hall–Kier alpha value is -1.09. The van der Waals surface area contributed by atoms with E-state index in [0.717, 1.165) is 0 Å². The van der Waals surface area contributed by atoms with Crippen molar-refractivity contribution in [3.63, 3.8) is 0 Å². The van der Waals surface area contributed by atoms with Gasteiger partial charge in [-0.2, -0.15) is 0 Å². The Morgan fingerprint density at radius 3 is 2.88 bits per heavy atom. The quantitative estimate of drug-likeness (QED) is 0.452. The number of aliphatic imine (C=N–C) groups is 1. The lowest BCUT2D eigenvalue weighted by atomic mass is 10.5. The van der Waals surface area contributed by atoms with Crippen LogP contribution in [-0.4, -0.2) is 11.2 Å². The van der Waals surface area contributed by atoms with E-state index in [1.807, 2.05) is 0 Å². The molecule has 0 aromatic rings. The molecule has 1 aliphatic heterocycles. The van der Waals surface area contributed by atoms with Gasteiger partial charge in [0.1, 0.15) is 5.82 Å². The summed E-state index contributed by atoms with van der Waals surface area (Å²) < 4.78 is 0. The molecule has 0 fully saturated rings. The number of nitrogens with two attached hydrogens (primary N) is 1. The number of hydrogen-bond donors (Lipinski definition) is 1. The molecule has 0 unspecified atom stereocenters. The number of hydrazine groups is 1. The van der Waals surface area contributed by atoms with Crippen LogP contribution in [0.5, 0.6) is 0 Å². The molecular weight excluding hydrogens is 102 g/mol. The van der Waals surface area contributed by atoms with Crippen LogP contribution in [0.4, 0.5) is 0 Å². The van der Waals surface area contributed by atoms with Gasteiger partial charge in [-0.15, -0.1) is 0 Å². The molecule has 0 radical (unpaired) electrons. The first-order valence-corrected chi connectivity index (χ1v) is 2.24. The largest absolute Gasteiger partial charge is 0.270 e. The van der Waals surface area contributed by atoms with Gasteiger partial charge in [0.15, 0.2) is 0 Å². The predicted octanol–water partition coefficient (Wildman–Crippen LogP) is 0.231. The Balaban J connectivity index is 2.74. The van der Waals surface area contributed by atoms with Gasteiger partial charge in [-0.25, -0.2) is 10.8 Å². The molecule has 0 spiro atoms. The van der Waals surface area contributed by atoms with Crippen molar-refractivity contribution in [3.05, 3.63) is 24.7 Å². The minimum absolute atomic E-state index is 0.563. The molecule has 0 bridgehead atoms. The molecule has 0 aromatic heterocycles. The molecule has 0 aliphatic carbocycles. The molecule has 2 N–H and O–H groups in total. The fourth-order valence-corrected chi connectivity index (χ4v) is 0.413. The zero-order valence-corrected chi connectivity index (χ0v) is 4.41. The summed E-state index contributed by atoms with van der Waals surface area (Å²) in [7, 11) is 0. The van der Waals surface area contributed by atoms with Gasteiger partial charge in [0, 0.05) is 12.4 Å². The Morgan fingerprint density at radius 1 is 1.75 bits per heavy atom. The van der Waals surface area contributed by atoms with E-state index in [-0.39, 0.29) is 0 Å². The van der Waals surface area contributed by atoms with Crippen molar-refractivity contribution in [2.24, 2.45) is 10.8 Å². The highest BCUT2D eigenvalue weighted by atomic mass is 15.4. The van der Waals surface area contributed by atoms with E-state index in [2.05, 4.69) is 11.6 Å². The van der Waals surface area contributed by atoms with Crippen LogP contribution in [0.2, 0.25) is 0 Å². The Kier molecular flexibility index (Phi) is 1.13. The minimum Gasteiger partial charge on any atom is -0.270 e. The average molecular weight is 109 g/mol. The Morgan fingerprint density at radius 2 is 2.50 bits per heavy atom. The van der Waals surface area contributed by atoms with Crippen LogP contribution >= 0.6 is 0 Å². The molecule has 8 heavy (non-hydrogen) atoms. The van der Waals surface area contributed by atoms with Gasteiger partial charge in [0.05, 0.1) is 0 Å². The smallest absolute Gasteiger partial charge is 0.139 e. The first-order chi connectivity index (χ1) is 3.80. The van der Waals surface area contributed by atoms with Crippen LogP contribution in [0.25, 0.3) is 0 Å². The highest BCUT2D eigenvalue weighted by Gasteiger charge is 1.95. The van der Waals surface area contributed by atoms with Crippen LogP contribution in [-0.2, 0) is 0 Å². The van der Waals surface area contributed by atoms with Crippen molar-refractivity contribution in [1.29, 1.82) is 0 Å². The van der Waals surface area contributed by atoms with Gasteiger partial charge in [-0.3, -0.25) is 5.01 Å². The third kappa shape index (κ3) is 0.764. The zero-order chi connectivity index (χ0) is 5.98. The topological polar surface area (TPSA) is 41.6 Å². The van der Waals surface area contributed by atoms with Crippen molar-refractivity contribution in [3.8, 4) is 0 Å². The summed E-state index contributed by atoms with van der Waals surface area (Å²) >= 11 is 0. The highest BCUT2D eigenvalue weighted by Crippen LogP contribution is 1.99. The summed E-state index contributed by atoms with van der Waals surface area (Å²) in [5, 5.41) is 1.36. The van der Waals surface area contributed by atoms with Gasteiger partial charge in [0.2, 0.25) is 0 Å². The molecule has 42 valence electrons. The van der Waals surface area contributed by atoms with E-state index in [1.165, 1.54) is 5.01 Å². The molecule has 0 saturated carbocycles. The number of nitrogens with zero attached hydrogens (tertiary/aromatic N) is 2. The summed E-state index contributed by atoms with van der Waals surface area (Å²) in [5.74, 6) is 5.87. The van der Waals surface area contributed by atoms with Crippen molar-refractivity contribution in [2.75, 3.05) is 0 Å². The first-order valence-electron chi connectivity index (χ1n) is 2.24. The molecule has 1 rings (SSSR count). The summed E-state index contributed by atoms with van der Waals surface area (Å²) in [6, 6.07) is 0. The number of hydrogen-bond acceptors (Lipinski definition) is 3. The van der Waals surface area contributed by atoms with Crippen molar-refractivity contribution < 1.29 is 0 Å². The van der Waals surface area contributed by atoms with E-state index in [1.54, 1.807) is 18.5 Å². The van der Waals surface area contributed by atoms with Crippen LogP contribution in [0.15, 0.2) is 29.7 Å². The van der Waals surface area contributed by atoms with E-state index in [0.29, 0.717) is 5.82 Å². The normalized spacial score (nSPS) is 17.6. The molecule has 0 amide bonds. The molecule has 1 aliphatic rings. The maximum atomic E-state index is 5.31. The van der Waals surface area contributed by atoms with Gasteiger partial charge in [-0.1, -0.05) is 6.58 Å². The first kappa shape index (κ1) is 5.05. The second kappa shape index (κ2) is 1.79. The van der Waals surface area contributed by atoms with Crippen molar-refractivity contribution in [1.82, 2.24) is 5.01 Å². The highest BCUT2D eigenvalue weighted by molar-refractivity contribution is 5.73. The number of allylic oxidation sites excluding steroid dienone is 1. The molecule has 1 heterocycles. The fourth-order valence-electron chi connectivity index (χ4n) is 0.413. The van der Waals surface area contributed by atoms with Crippen LogP contribution in [0, 0.1) is 0 Å². The standard InChI is InChI=1S/C5H7N3/c1-5-7-3-2-4-8(5)6/h2-4H,1,6H2. The van der Waals surface area contributed by atoms with Gasteiger partial charge >= 0.3 is 0 Å². The molecule has 0 saturated heterocycles. The van der Waals surface area contributed by atoms with E-state index >= 15 is 0 Å². The minimum atomic E-state index is 0.563. The van der Waals surface area contributed by atoms with E-state index < -0.39 is 0 Å². The summed E-state index contributed by atoms with van der Waals surface area (Å²) in [4.78, 5) is 3.81. The molecule has 3 heteroatoms. The Bertz CT molecular complexity index is 157. The monoisotopic (exact) mass is 109 g/mol. The average Bonchev–Trinajstić information content (AvgIpc) is 1.77. The lowest BCUT2D eigenvalue weighted by molar-refractivity contribution is 0.487. The van der Waals surface area contributed by atoms with Crippen molar-refractivity contribution >= 4 is 6.21 Å². The summed E-state index contributed by atoms with van der Waals surface area (Å²) in [5.41, 5.74) is 0. The van der Waals surface area contributed by atoms with Crippen molar-refractivity contribution in [2.45, 2.75) is 0 Å². The van der Waals surface area contributed by atoms with Crippen LogP contribution < -0.4 is 5.84 Å². The SMILES string of the molecule is C=C1N=CC=CN1N. The molecular formula is C5H7N3. The van der Waals surface area contributed by atoms with Crippen LogP contribution in [0.1, 0.15) is 0 Å². The molecule has 3 nitrogen and oxygen atoms in total. The van der Waals surface area contributed by atoms with Crippen LogP contribution in [0.3, 0.4) is 0 Å². The van der Waals surface area contributed by atoms with E-state index in [4.69, 9.17) is 5.84 Å². The maximum Gasteiger partial charge on any atom is 0.139 e. The maximum absolute atomic E-state index is 5.31. The van der Waals surface area contributed by atoms with Gasteiger partial charge in [0.25, 0.3) is 0 Å². The van der Waals surface area contributed by atoms with E-state index in [9.17, 15) is 0 Å². The third-order valence-corrected chi connectivity index (χ3v) is 0.854. The second-order valence-corrected chi connectivity index (χ2v) is 1.44. The summed E-state index contributed by atoms with van der Waals surface area (Å²) in [6.45, 7) is 3.55. The predicted molar refractivity (Wildman–Crippen MR) is 32.8 cm³/mol. The fraction of sp³-hybridized carbons (Fsp3) is 0. The lowest BCUT2D eigenvalue weighted by Gasteiger charge is -2.13. The number of rotatable bonds is 0. The molecule has 0 aromatic carbocycles. The second-order valence-electron chi connectivity index (χ2n) is 1.44. The lowest BCUT2D eigenvalue weighted by Crippen LogP contribution is -2.24.